The minimum Gasteiger partial charge on any atom is -0.355 e. The zero-order valence-electron chi connectivity index (χ0n) is 18.1. The van der Waals surface area contributed by atoms with Crippen molar-refractivity contribution in [3.05, 3.63) is 41.6 Å². The summed E-state index contributed by atoms with van der Waals surface area (Å²) in [6.45, 7) is 4.88. The lowest BCUT2D eigenvalue weighted by Crippen LogP contribution is -2.56. The Morgan fingerprint density at radius 2 is 1.90 bits per heavy atom. The number of aromatic nitrogens is 2. The van der Waals surface area contributed by atoms with Gasteiger partial charge in [0.25, 0.3) is 0 Å². The molecule has 3 heterocycles. The number of nitrogens with zero attached hydrogens (tertiary/aromatic N) is 3. The monoisotopic (exact) mass is 419 g/mol. The van der Waals surface area contributed by atoms with Crippen LogP contribution in [0.25, 0.3) is 0 Å². The predicted molar refractivity (Wildman–Crippen MR) is 119 cm³/mol. The maximum absolute atomic E-state index is 13.7. The molecule has 1 spiro atoms. The van der Waals surface area contributed by atoms with Gasteiger partial charge < -0.3 is 10.6 Å². The van der Waals surface area contributed by atoms with Crippen LogP contribution in [0.15, 0.2) is 30.5 Å². The van der Waals surface area contributed by atoms with Crippen LogP contribution in [0.3, 0.4) is 0 Å². The molecule has 1 aromatic heterocycles. The average molecular weight is 420 g/mol. The Morgan fingerprint density at radius 1 is 1.16 bits per heavy atom. The fourth-order valence-corrected chi connectivity index (χ4v) is 5.15. The third-order valence-electron chi connectivity index (χ3n) is 6.99. The molecule has 5 rings (SSSR count). The molecule has 1 saturated carbocycles. The van der Waals surface area contributed by atoms with Gasteiger partial charge in [0.05, 0.1) is 0 Å². The lowest BCUT2D eigenvalue weighted by atomic mass is 9.76. The molecule has 1 aliphatic carbocycles. The molecular weight excluding hydrogens is 390 g/mol. The molecule has 0 unspecified atom stereocenters. The number of nitrogens with one attached hydrogen (secondary N) is 2. The number of rotatable bonds is 4. The van der Waals surface area contributed by atoms with Crippen LogP contribution in [0.1, 0.15) is 63.0 Å². The molecule has 7 heteroatoms. The van der Waals surface area contributed by atoms with Crippen LogP contribution < -0.4 is 15.5 Å². The zero-order chi connectivity index (χ0) is 21.6. The summed E-state index contributed by atoms with van der Waals surface area (Å²) < 4.78 is 0. The number of anilines is 3. The fourth-order valence-electron chi connectivity index (χ4n) is 5.15. The molecule has 31 heavy (non-hydrogen) atoms. The maximum Gasteiger partial charge on any atom is 0.244 e. The van der Waals surface area contributed by atoms with Crippen LogP contribution in [-0.4, -0.2) is 34.4 Å². The number of hydrogen-bond donors (Lipinski definition) is 2. The highest BCUT2D eigenvalue weighted by molar-refractivity contribution is 6.14. The van der Waals surface area contributed by atoms with Gasteiger partial charge in [-0.25, -0.2) is 4.98 Å². The van der Waals surface area contributed by atoms with Crippen molar-refractivity contribution in [2.75, 3.05) is 16.8 Å². The summed E-state index contributed by atoms with van der Waals surface area (Å²) in [7, 11) is 0. The minimum atomic E-state index is -0.999. The van der Waals surface area contributed by atoms with E-state index in [1.807, 2.05) is 17.0 Å². The Kier molecular flexibility index (Phi) is 4.91. The van der Waals surface area contributed by atoms with Gasteiger partial charge in [-0.15, -0.1) is 0 Å². The lowest BCUT2D eigenvalue weighted by molar-refractivity contribution is -0.140. The predicted octanol–water partition coefficient (Wildman–Crippen LogP) is 3.68. The lowest BCUT2D eigenvalue weighted by Gasteiger charge is -2.40. The van der Waals surface area contributed by atoms with Gasteiger partial charge in [-0.2, -0.15) is 4.98 Å². The Bertz CT molecular complexity index is 1010. The highest BCUT2D eigenvalue weighted by atomic mass is 16.2. The Morgan fingerprint density at radius 3 is 2.55 bits per heavy atom. The summed E-state index contributed by atoms with van der Waals surface area (Å²) in [5.74, 6) is 1.36. The zero-order valence-corrected chi connectivity index (χ0v) is 18.1. The third-order valence-corrected chi connectivity index (χ3v) is 6.99. The van der Waals surface area contributed by atoms with Crippen molar-refractivity contribution >= 4 is 29.3 Å². The largest absolute Gasteiger partial charge is 0.355 e. The van der Waals surface area contributed by atoms with Crippen molar-refractivity contribution in [1.29, 1.82) is 0 Å². The van der Waals surface area contributed by atoms with E-state index >= 15 is 0 Å². The number of carbonyl (C=O) groups is 2. The molecule has 2 amide bonds. The standard InChI is InChI=1S/C24H29N5O2/c1-15(2)16-7-9-18(10-8-16)27-23-26-14-17-13-24(11-12-25-21(24)30)22(31)29(20(17)28-23)19-5-3-4-6-19/h7-10,14-15,19H,3-6,11-13H2,1-2H3,(H,25,30)(H,26,27,28)/t24-/m1/s1. The van der Waals surface area contributed by atoms with E-state index < -0.39 is 5.41 Å². The topological polar surface area (TPSA) is 87.2 Å². The van der Waals surface area contributed by atoms with Gasteiger partial charge in [-0.1, -0.05) is 38.8 Å². The van der Waals surface area contributed by atoms with Crippen molar-refractivity contribution < 1.29 is 9.59 Å². The quantitative estimate of drug-likeness (QED) is 0.738. The van der Waals surface area contributed by atoms with Crippen LogP contribution in [0.4, 0.5) is 17.5 Å². The van der Waals surface area contributed by atoms with E-state index in [4.69, 9.17) is 4.98 Å². The van der Waals surface area contributed by atoms with Crippen LogP contribution >= 0.6 is 0 Å². The second-order valence-electron chi connectivity index (χ2n) is 9.32. The number of benzene rings is 1. The molecule has 1 atom stereocenters. The van der Waals surface area contributed by atoms with Crippen molar-refractivity contribution in [1.82, 2.24) is 15.3 Å². The number of carbonyl (C=O) groups excluding carboxylic acids is 2. The highest BCUT2D eigenvalue weighted by Gasteiger charge is 2.56. The molecule has 3 aliphatic rings. The minimum absolute atomic E-state index is 0.0900. The molecule has 2 N–H and O–H groups in total. The van der Waals surface area contributed by atoms with E-state index in [0.717, 1.165) is 36.9 Å². The van der Waals surface area contributed by atoms with Gasteiger partial charge in [0.1, 0.15) is 11.2 Å². The van der Waals surface area contributed by atoms with E-state index in [-0.39, 0.29) is 17.9 Å². The van der Waals surface area contributed by atoms with Gasteiger partial charge in [0.2, 0.25) is 17.8 Å². The molecule has 162 valence electrons. The molecular formula is C24H29N5O2. The molecule has 2 aliphatic heterocycles. The molecule has 2 fully saturated rings. The summed E-state index contributed by atoms with van der Waals surface area (Å²) in [4.78, 5) is 37.5. The van der Waals surface area contributed by atoms with Crippen molar-refractivity contribution in [2.45, 2.75) is 64.3 Å². The SMILES string of the molecule is CC(C)c1ccc(Nc2ncc3c(n2)N(C2CCCC2)C(=O)[C@]2(CCNC2=O)C3)cc1. The van der Waals surface area contributed by atoms with Crippen LogP contribution in [-0.2, 0) is 16.0 Å². The average Bonchev–Trinajstić information content (AvgIpc) is 3.41. The fraction of sp³-hybridized carbons (Fsp3) is 0.500. The number of amides is 2. The van der Waals surface area contributed by atoms with E-state index in [2.05, 4.69) is 41.6 Å². The molecule has 1 saturated heterocycles. The smallest absolute Gasteiger partial charge is 0.244 e. The first-order chi connectivity index (χ1) is 15.0. The van der Waals surface area contributed by atoms with E-state index in [0.29, 0.717) is 37.1 Å². The van der Waals surface area contributed by atoms with Crippen molar-refractivity contribution in [2.24, 2.45) is 5.41 Å². The molecule has 0 bridgehead atoms. The summed E-state index contributed by atoms with van der Waals surface area (Å²) in [5, 5.41) is 6.15. The molecule has 1 aromatic carbocycles. The van der Waals surface area contributed by atoms with Crippen molar-refractivity contribution in [3.63, 3.8) is 0 Å². The second kappa shape index (κ2) is 7.62. The molecule has 7 nitrogen and oxygen atoms in total. The Hall–Kier alpha value is -2.96. The van der Waals surface area contributed by atoms with Gasteiger partial charge in [-0.05, 0) is 42.9 Å². The maximum atomic E-state index is 13.7. The Labute approximate surface area is 182 Å². The van der Waals surface area contributed by atoms with Gasteiger partial charge in [0.15, 0.2) is 0 Å². The summed E-state index contributed by atoms with van der Waals surface area (Å²) in [5.41, 5.74) is 2.06. The summed E-state index contributed by atoms with van der Waals surface area (Å²) >= 11 is 0. The van der Waals surface area contributed by atoms with Gasteiger partial charge in [-0.3, -0.25) is 14.5 Å². The van der Waals surface area contributed by atoms with Gasteiger partial charge >= 0.3 is 0 Å². The highest BCUT2D eigenvalue weighted by Crippen LogP contribution is 2.44. The van der Waals surface area contributed by atoms with E-state index in [9.17, 15) is 9.59 Å². The Balaban J connectivity index is 1.49. The normalized spacial score (nSPS) is 23.5. The van der Waals surface area contributed by atoms with E-state index in [1.54, 1.807) is 6.20 Å². The summed E-state index contributed by atoms with van der Waals surface area (Å²) in [6, 6.07) is 8.35. The summed E-state index contributed by atoms with van der Waals surface area (Å²) in [6.07, 6.45) is 6.80. The molecule has 0 radical (unpaired) electrons. The molecule has 2 aromatic rings. The van der Waals surface area contributed by atoms with Crippen molar-refractivity contribution in [3.8, 4) is 0 Å². The van der Waals surface area contributed by atoms with E-state index in [1.165, 1.54) is 5.56 Å². The first-order valence-electron chi connectivity index (χ1n) is 11.3. The first kappa shape index (κ1) is 20.0. The third kappa shape index (κ3) is 3.36. The van der Waals surface area contributed by atoms with Crippen LogP contribution in [0.5, 0.6) is 0 Å². The first-order valence-corrected chi connectivity index (χ1v) is 11.3. The van der Waals surface area contributed by atoms with Crippen LogP contribution in [0, 0.1) is 5.41 Å². The van der Waals surface area contributed by atoms with Crippen LogP contribution in [0.2, 0.25) is 0 Å². The number of hydrogen-bond acceptors (Lipinski definition) is 5. The number of fused-ring (bicyclic) bond motifs is 1. The van der Waals surface area contributed by atoms with Gasteiger partial charge in [0, 0.05) is 36.5 Å². The second-order valence-corrected chi connectivity index (χ2v) is 9.32.